The minimum absolute atomic E-state index is 1.16. The molecule has 2 heteroatoms. The average molecular weight is 187 g/mol. The van der Waals surface area contributed by atoms with E-state index in [2.05, 4.69) is 30.5 Å². The third-order valence-corrected chi connectivity index (χ3v) is 1.83. The molecular formula is C10H21NS. The predicted octanol–water partition coefficient (Wildman–Crippen LogP) is 4.20. The highest BCUT2D eigenvalue weighted by molar-refractivity contribution is 7.03. The Morgan fingerprint density at radius 3 is 1.75 bits per heavy atom. The maximum Gasteiger partial charge on any atom is 0.0540 e. The summed E-state index contributed by atoms with van der Waals surface area (Å²) in [5.74, 6) is 0. The van der Waals surface area contributed by atoms with Gasteiger partial charge in [-0.05, 0) is 30.9 Å². The number of hydrogen-bond donors (Lipinski definition) is 0. The Morgan fingerprint density at radius 1 is 1.25 bits per heavy atom. The molecule has 0 aromatic carbocycles. The summed E-state index contributed by atoms with van der Waals surface area (Å²) in [7, 11) is 0. The van der Waals surface area contributed by atoms with Crippen molar-refractivity contribution in [3.63, 3.8) is 0 Å². The van der Waals surface area contributed by atoms with Crippen molar-refractivity contribution in [1.82, 2.24) is 4.37 Å². The molecule has 1 aromatic heterocycles. The smallest absolute Gasteiger partial charge is 0.0540 e. The van der Waals surface area contributed by atoms with Crippen molar-refractivity contribution in [3.8, 4) is 0 Å². The van der Waals surface area contributed by atoms with Crippen LogP contribution in [0.1, 0.15) is 45.4 Å². The van der Waals surface area contributed by atoms with Crippen LogP contribution in [0.25, 0.3) is 0 Å². The summed E-state index contributed by atoms with van der Waals surface area (Å²) in [5.41, 5.74) is 2.45. The van der Waals surface area contributed by atoms with Crippen molar-refractivity contribution in [3.05, 3.63) is 16.6 Å². The fourth-order valence-corrected chi connectivity index (χ4v) is 1.03. The summed E-state index contributed by atoms with van der Waals surface area (Å²) >= 11 is 1.52. The molecule has 1 heterocycles. The van der Waals surface area contributed by atoms with Crippen LogP contribution in [-0.2, 0) is 0 Å². The highest BCUT2D eigenvalue weighted by atomic mass is 32.1. The lowest BCUT2D eigenvalue weighted by Gasteiger charge is -1.77. The SMILES string of the molecule is CC.CCC.Cc1csnc1C. The molecule has 12 heavy (non-hydrogen) atoms. The fourth-order valence-electron chi connectivity index (χ4n) is 0.342. The first-order chi connectivity index (χ1) is 5.72. The zero-order valence-corrected chi connectivity index (χ0v) is 9.96. The number of aryl methyl sites for hydroxylation is 2. The molecule has 0 saturated carbocycles. The quantitative estimate of drug-likeness (QED) is 0.593. The molecular weight excluding hydrogens is 166 g/mol. The Kier molecular flexibility index (Phi) is 12.6. The highest BCUT2D eigenvalue weighted by Gasteiger charge is 1.88. The van der Waals surface area contributed by atoms with Gasteiger partial charge in [0.25, 0.3) is 0 Å². The summed E-state index contributed by atoms with van der Waals surface area (Å²) < 4.78 is 4.06. The molecule has 0 fully saturated rings. The zero-order valence-electron chi connectivity index (χ0n) is 9.14. The van der Waals surface area contributed by atoms with Gasteiger partial charge >= 0.3 is 0 Å². The largest absolute Gasteiger partial charge is 0.198 e. The summed E-state index contributed by atoms with van der Waals surface area (Å²) in [5, 5.41) is 2.05. The second kappa shape index (κ2) is 10.6. The first kappa shape index (κ1) is 14.2. The fraction of sp³-hybridized carbons (Fsp3) is 0.700. The first-order valence-corrected chi connectivity index (χ1v) is 5.43. The van der Waals surface area contributed by atoms with E-state index < -0.39 is 0 Å². The standard InChI is InChI=1S/C5H7NS.C3H8.C2H6/c1-4-3-7-6-5(4)2;1-3-2;1-2/h3H,1-2H3;3H2,1-2H3;1-2H3. The Morgan fingerprint density at radius 2 is 1.67 bits per heavy atom. The number of rotatable bonds is 0. The third kappa shape index (κ3) is 7.73. The van der Waals surface area contributed by atoms with Gasteiger partial charge in [-0.15, -0.1) is 0 Å². The van der Waals surface area contributed by atoms with E-state index in [-0.39, 0.29) is 0 Å². The van der Waals surface area contributed by atoms with Crippen LogP contribution in [0.2, 0.25) is 0 Å². The first-order valence-electron chi connectivity index (χ1n) is 4.59. The van der Waals surface area contributed by atoms with Gasteiger partial charge in [0.1, 0.15) is 0 Å². The molecule has 1 nitrogen and oxygen atoms in total. The number of nitrogens with zero attached hydrogens (tertiary/aromatic N) is 1. The monoisotopic (exact) mass is 187 g/mol. The molecule has 72 valence electrons. The topological polar surface area (TPSA) is 12.9 Å². The predicted molar refractivity (Wildman–Crippen MR) is 58.9 cm³/mol. The van der Waals surface area contributed by atoms with E-state index in [0.717, 1.165) is 5.69 Å². The van der Waals surface area contributed by atoms with Gasteiger partial charge in [-0.25, -0.2) is 0 Å². The Hall–Kier alpha value is -0.370. The van der Waals surface area contributed by atoms with Crippen molar-refractivity contribution in [1.29, 1.82) is 0 Å². The average Bonchev–Trinajstić information content (AvgIpc) is 2.42. The maximum absolute atomic E-state index is 4.06. The molecule has 0 aliphatic carbocycles. The van der Waals surface area contributed by atoms with Crippen LogP contribution in [0.4, 0.5) is 0 Å². The van der Waals surface area contributed by atoms with Gasteiger partial charge in [0.15, 0.2) is 0 Å². The van der Waals surface area contributed by atoms with Crippen molar-refractivity contribution in [2.45, 2.75) is 48.0 Å². The molecule has 1 aromatic rings. The summed E-state index contributed by atoms with van der Waals surface area (Å²) in [6.07, 6.45) is 1.25. The van der Waals surface area contributed by atoms with E-state index in [1.165, 1.54) is 23.5 Å². The lowest BCUT2D eigenvalue weighted by atomic mass is 10.3. The lowest BCUT2D eigenvalue weighted by molar-refractivity contribution is 1.09. The maximum atomic E-state index is 4.06. The van der Waals surface area contributed by atoms with E-state index in [1.54, 1.807) is 0 Å². The van der Waals surface area contributed by atoms with Crippen LogP contribution in [0.3, 0.4) is 0 Å². The summed E-state index contributed by atoms with van der Waals surface area (Å²) in [6, 6.07) is 0. The van der Waals surface area contributed by atoms with Gasteiger partial charge in [0.2, 0.25) is 0 Å². The number of hydrogen-bond acceptors (Lipinski definition) is 2. The van der Waals surface area contributed by atoms with Gasteiger partial charge in [0.05, 0.1) is 5.69 Å². The van der Waals surface area contributed by atoms with Crippen LogP contribution < -0.4 is 0 Å². The van der Waals surface area contributed by atoms with Crippen molar-refractivity contribution < 1.29 is 0 Å². The van der Waals surface area contributed by atoms with E-state index in [1.807, 2.05) is 20.8 Å². The van der Waals surface area contributed by atoms with Gasteiger partial charge in [0, 0.05) is 5.38 Å². The Bertz CT molecular complexity index is 154. The van der Waals surface area contributed by atoms with E-state index in [0.29, 0.717) is 0 Å². The summed E-state index contributed by atoms with van der Waals surface area (Å²) in [6.45, 7) is 12.3. The molecule has 0 unspecified atom stereocenters. The van der Waals surface area contributed by atoms with Crippen molar-refractivity contribution >= 4 is 11.5 Å². The van der Waals surface area contributed by atoms with Gasteiger partial charge < -0.3 is 0 Å². The molecule has 0 atom stereocenters. The van der Waals surface area contributed by atoms with E-state index in [4.69, 9.17) is 0 Å². The molecule has 1 rings (SSSR count). The summed E-state index contributed by atoms with van der Waals surface area (Å²) in [4.78, 5) is 0. The highest BCUT2D eigenvalue weighted by Crippen LogP contribution is 2.05. The third-order valence-electron chi connectivity index (χ3n) is 0.990. The minimum atomic E-state index is 1.16. The molecule has 0 bridgehead atoms. The minimum Gasteiger partial charge on any atom is -0.198 e. The second-order valence-electron chi connectivity index (χ2n) is 2.29. The van der Waals surface area contributed by atoms with Gasteiger partial charge in [-0.1, -0.05) is 34.1 Å². The molecule has 0 aliphatic rings. The Balaban J connectivity index is 0. The van der Waals surface area contributed by atoms with Crippen LogP contribution in [0, 0.1) is 13.8 Å². The molecule has 0 radical (unpaired) electrons. The molecule has 0 N–H and O–H groups in total. The lowest BCUT2D eigenvalue weighted by Crippen LogP contribution is -1.68. The van der Waals surface area contributed by atoms with Crippen LogP contribution >= 0.6 is 11.5 Å². The van der Waals surface area contributed by atoms with E-state index >= 15 is 0 Å². The molecule has 0 spiro atoms. The molecule has 0 aliphatic heterocycles. The van der Waals surface area contributed by atoms with Crippen LogP contribution in [-0.4, -0.2) is 4.37 Å². The number of aromatic nitrogens is 1. The van der Waals surface area contributed by atoms with Crippen molar-refractivity contribution in [2.75, 3.05) is 0 Å². The normalized spacial score (nSPS) is 7.50. The second-order valence-corrected chi connectivity index (χ2v) is 2.92. The molecule has 0 saturated heterocycles. The van der Waals surface area contributed by atoms with Crippen LogP contribution in [0.5, 0.6) is 0 Å². The zero-order chi connectivity index (χ0) is 9.98. The van der Waals surface area contributed by atoms with Crippen molar-refractivity contribution in [2.24, 2.45) is 0 Å². The van der Waals surface area contributed by atoms with Gasteiger partial charge in [-0.2, -0.15) is 4.37 Å². The Labute approximate surface area is 81.0 Å². The molecule has 0 amide bonds. The van der Waals surface area contributed by atoms with Crippen LogP contribution in [0.15, 0.2) is 5.38 Å². The van der Waals surface area contributed by atoms with Gasteiger partial charge in [-0.3, -0.25) is 0 Å². The van der Waals surface area contributed by atoms with E-state index in [9.17, 15) is 0 Å².